The molecule has 2 heterocycles. The minimum absolute atomic E-state index is 0.0470. The van der Waals surface area contributed by atoms with Crippen molar-refractivity contribution in [3.05, 3.63) is 18.3 Å². The Kier molecular flexibility index (Phi) is 2.24. The molecule has 0 aromatic carbocycles. The molecular weight excluding hydrogens is 224 g/mol. The van der Waals surface area contributed by atoms with Crippen molar-refractivity contribution in [2.24, 2.45) is 11.8 Å². The average Bonchev–Trinajstić information content (AvgIpc) is 2.82. The molecule has 0 amide bonds. The van der Waals surface area contributed by atoms with E-state index in [1.54, 1.807) is 18.3 Å². The lowest BCUT2D eigenvalue weighted by molar-refractivity contribution is -0.0351. The summed E-state index contributed by atoms with van der Waals surface area (Å²) in [4.78, 5) is 6.14. The van der Waals surface area contributed by atoms with Crippen LogP contribution in [-0.4, -0.2) is 24.0 Å². The van der Waals surface area contributed by atoms with Gasteiger partial charge in [0.1, 0.15) is 5.82 Å². The summed E-state index contributed by atoms with van der Waals surface area (Å²) in [6.07, 6.45) is 2.25. The van der Waals surface area contributed by atoms with Gasteiger partial charge in [-0.3, -0.25) is 0 Å². The molecule has 0 unspecified atom stereocenters. The van der Waals surface area contributed by atoms with E-state index in [2.05, 4.69) is 4.98 Å². The first-order valence-electron chi connectivity index (χ1n) is 5.90. The Labute approximate surface area is 98.6 Å². The van der Waals surface area contributed by atoms with Crippen LogP contribution >= 0.6 is 0 Å². The quantitative estimate of drug-likeness (QED) is 0.816. The van der Waals surface area contributed by atoms with Crippen LogP contribution in [0.2, 0.25) is 0 Å². The highest BCUT2D eigenvalue weighted by Crippen LogP contribution is 2.48. The summed E-state index contributed by atoms with van der Waals surface area (Å²) in [5.41, 5.74) is 6.16. The van der Waals surface area contributed by atoms with Crippen molar-refractivity contribution in [1.29, 1.82) is 0 Å². The minimum Gasteiger partial charge on any atom is -0.397 e. The van der Waals surface area contributed by atoms with Gasteiger partial charge in [-0.25, -0.2) is 13.8 Å². The maximum Gasteiger partial charge on any atom is 0.252 e. The zero-order chi connectivity index (χ0) is 12.0. The molecule has 3 rings (SSSR count). The first kappa shape index (κ1) is 10.7. The van der Waals surface area contributed by atoms with Gasteiger partial charge in [-0.15, -0.1) is 0 Å². The first-order chi connectivity index (χ1) is 8.06. The number of rotatable bonds is 1. The predicted molar refractivity (Wildman–Crippen MR) is 62.0 cm³/mol. The van der Waals surface area contributed by atoms with Gasteiger partial charge in [0.05, 0.1) is 11.9 Å². The van der Waals surface area contributed by atoms with Crippen molar-refractivity contribution in [2.45, 2.75) is 18.8 Å². The molecule has 2 aliphatic rings. The average molecular weight is 239 g/mol. The third-order valence-corrected chi connectivity index (χ3v) is 3.93. The highest BCUT2D eigenvalue weighted by molar-refractivity contribution is 5.46. The van der Waals surface area contributed by atoms with Gasteiger partial charge in [0, 0.05) is 25.4 Å². The maximum atomic E-state index is 13.6. The van der Waals surface area contributed by atoms with E-state index in [9.17, 15) is 8.78 Å². The number of nitrogens with two attached hydrogens (primary N) is 1. The lowest BCUT2D eigenvalue weighted by atomic mass is 9.99. The summed E-state index contributed by atoms with van der Waals surface area (Å²) in [5, 5.41) is 0. The molecular formula is C12H15F2N3. The normalized spacial score (nSPS) is 30.6. The summed E-state index contributed by atoms with van der Waals surface area (Å²) in [6, 6.07) is 3.56. The van der Waals surface area contributed by atoms with Gasteiger partial charge in [-0.2, -0.15) is 0 Å². The number of aromatic nitrogens is 1. The highest BCUT2D eigenvalue weighted by Gasteiger charge is 2.54. The smallest absolute Gasteiger partial charge is 0.252 e. The largest absolute Gasteiger partial charge is 0.397 e. The fourth-order valence-electron chi connectivity index (χ4n) is 2.98. The molecule has 1 aromatic heterocycles. The van der Waals surface area contributed by atoms with E-state index in [1.165, 1.54) is 0 Å². The fourth-order valence-corrected chi connectivity index (χ4v) is 2.98. The molecule has 2 N–H and O–H groups in total. The summed E-state index contributed by atoms with van der Waals surface area (Å²) >= 11 is 0. The van der Waals surface area contributed by atoms with Gasteiger partial charge < -0.3 is 10.6 Å². The minimum atomic E-state index is -2.49. The van der Waals surface area contributed by atoms with Crippen LogP contribution in [-0.2, 0) is 0 Å². The third-order valence-electron chi connectivity index (χ3n) is 3.93. The number of halogens is 2. The predicted octanol–water partition coefficient (Wildman–Crippen LogP) is 2.15. The fraction of sp³-hybridized carbons (Fsp3) is 0.583. The molecule has 0 bridgehead atoms. The van der Waals surface area contributed by atoms with Crippen LogP contribution in [0.25, 0.3) is 0 Å². The lowest BCUT2D eigenvalue weighted by Gasteiger charge is -2.21. The number of hydrogen-bond acceptors (Lipinski definition) is 3. The van der Waals surface area contributed by atoms with E-state index in [0.717, 1.165) is 5.82 Å². The molecule has 1 aliphatic heterocycles. The van der Waals surface area contributed by atoms with Crippen molar-refractivity contribution in [1.82, 2.24) is 4.98 Å². The summed E-state index contributed by atoms with van der Waals surface area (Å²) in [5.74, 6) is -2.12. The number of anilines is 2. The molecule has 17 heavy (non-hydrogen) atoms. The number of alkyl halides is 2. The van der Waals surface area contributed by atoms with Crippen LogP contribution in [0.1, 0.15) is 12.8 Å². The van der Waals surface area contributed by atoms with Crippen LogP contribution < -0.4 is 10.6 Å². The zero-order valence-electron chi connectivity index (χ0n) is 9.44. The number of fused-ring (bicyclic) bond motifs is 1. The monoisotopic (exact) mass is 239 g/mol. The number of nitrogen functional groups attached to an aromatic ring is 1. The molecule has 1 saturated heterocycles. The van der Waals surface area contributed by atoms with Crippen molar-refractivity contribution < 1.29 is 8.78 Å². The first-order valence-corrected chi connectivity index (χ1v) is 5.90. The topological polar surface area (TPSA) is 42.1 Å². The molecule has 2 atom stereocenters. The van der Waals surface area contributed by atoms with E-state index in [4.69, 9.17) is 5.73 Å². The van der Waals surface area contributed by atoms with Crippen molar-refractivity contribution >= 4 is 11.5 Å². The number of pyridine rings is 1. The van der Waals surface area contributed by atoms with E-state index in [-0.39, 0.29) is 12.3 Å². The highest BCUT2D eigenvalue weighted by atomic mass is 19.3. The molecule has 92 valence electrons. The second kappa shape index (κ2) is 3.55. The van der Waals surface area contributed by atoms with Crippen LogP contribution in [0.3, 0.4) is 0 Å². The summed E-state index contributed by atoms with van der Waals surface area (Å²) in [7, 11) is 0. The molecule has 2 fully saturated rings. The lowest BCUT2D eigenvalue weighted by Crippen LogP contribution is -2.29. The summed E-state index contributed by atoms with van der Waals surface area (Å²) in [6.45, 7) is 1.10. The molecule has 0 spiro atoms. The molecule has 1 aliphatic carbocycles. The van der Waals surface area contributed by atoms with E-state index < -0.39 is 11.8 Å². The molecule has 3 nitrogen and oxygen atoms in total. The molecule has 0 radical (unpaired) electrons. The van der Waals surface area contributed by atoms with Gasteiger partial charge in [0.2, 0.25) is 0 Å². The van der Waals surface area contributed by atoms with Gasteiger partial charge in [-0.1, -0.05) is 0 Å². The number of hydrogen-bond donors (Lipinski definition) is 1. The van der Waals surface area contributed by atoms with Crippen LogP contribution in [0, 0.1) is 11.8 Å². The van der Waals surface area contributed by atoms with Crippen molar-refractivity contribution in [3.8, 4) is 0 Å². The Hall–Kier alpha value is -1.39. The van der Waals surface area contributed by atoms with Crippen LogP contribution in [0.5, 0.6) is 0 Å². The van der Waals surface area contributed by atoms with Gasteiger partial charge >= 0.3 is 0 Å². The molecule has 5 heteroatoms. The SMILES string of the molecule is Nc1ccc(N2C[C@@H]3CCC(F)(F)[C@H]3C2)nc1. The van der Waals surface area contributed by atoms with Crippen molar-refractivity contribution in [2.75, 3.05) is 23.7 Å². The Bertz CT molecular complexity index is 418. The van der Waals surface area contributed by atoms with E-state index in [1.807, 2.05) is 4.90 Å². The Morgan fingerprint density at radius 1 is 1.35 bits per heavy atom. The maximum absolute atomic E-state index is 13.6. The molecule has 1 aromatic rings. The van der Waals surface area contributed by atoms with Gasteiger partial charge in [0.25, 0.3) is 5.92 Å². The Balaban J connectivity index is 1.79. The zero-order valence-corrected chi connectivity index (χ0v) is 9.44. The standard InChI is InChI=1S/C12H15F2N3/c13-12(14)4-3-8-6-17(7-10(8)12)11-2-1-9(15)5-16-11/h1-2,5,8,10H,3-4,6-7,15H2/t8-,10-/m0/s1. The summed E-state index contributed by atoms with van der Waals surface area (Å²) < 4.78 is 27.2. The Morgan fingerprint density at radius 2 is 2.18 bits per heavy atom. The van der Waals surface area contributed by atoms with E-state index >= 15 is 0 Å². The second-order valence-electron chi connectivity index (χ2n) is 5.02. The van der Waals surface area contributed by atoms with Gasteiger partial charge in [-0.05, 0) is 24.5 Å². The number of nitrogens with zero attached hydrogens (tertiary/aromatic N) is 2. The van der Waals surface area contributed by atoms with Crippen LogP contribution in [0.15, 0.2) is 18.3 Å². The van der Waals surface area contributed by atoms with E-state index in [0.29, 0.717) is 25.2 Å². The molecule has 1 saturated carbocycles. The second-order valence-corrected chi connectivity index (χ2v) is 5.02. The third kappa shape index (κ3) is 1.73. The van der Waals surface area contributed by atoms with Gasteiger partial charge in [0.15, 0.2) is 0 Å². The van der Waals surface area contributed by atoms with Crippen molar-refractivity contribution in [3.63, 3.8) is 0 Å². The Morgan fingerprint density at radius 3 is 2.82 bits per heavy atom. The van der Waals surface area contributed by atoms with Crippen LogP contribution in [0.4, 0.5) is 20.3 Å².